The highest BCUT2D eigenvalue weighted by Gasteiger charge is 2.33. The van der Waals surface area contributed by atoms with E-state index in [4.69, 9.17) is 0 Å². The molecular weight excluding hydrogens is 351 g/mol. The number of aromatic nitrogens is 3. The lowest BCUT2D eigenvalue weighted by atomic mass is 10.0. The van der Waals surface area contributed by atoms with Gasteiger partial charge in [0.2, 0.25) is 0 Å². The molecule has 1 aromatic carbocycles. The van der Waals surface area contributed by atoms with Crippen molar-refractivity contribution in [3.63, 3.8) is 0 Å². The van der Waals surface area contributed by atoms with E-state index in [-0.39, 0.29) is 16.5 Å². The molecule has 0 spiro atoms. The Morgan fingerprint density at radius 2 is 2.10 bits per heavy atom. The molecule has 2 aromatic rings. The third kappa shape index (κ3) is 3.49. The van der Waals surface area contributed by atoms with Crippen molar-refractivity contribution < 1.29 is 18.0 Å². The maximum atomic E-state index is 12.8. The van der Waals surface area contributed by atoms with E-state index in [2.05, 4.69) is 26.0 Å². The molecule has 0 bridgehead atoms. The minimum atomic E-state index is -4.52. The second-order valence-electron chi connectivity index (χ2n) is 4.28. The topological polar surface area (TPSA) is 47.8 Å². The van der Waals surface area contributed by atoms with Crippen LogP contribution in [-0.2, 0) is 19.1 Å². The fraction of sp³-hybridized carbons (Fsp3) is 0.308. The summed E-state index contributed by atoms with van der Waals surface area (Å²) in [6.45, 7) is 2.38. The normalized spacial score (nSPS) is 11.7. The zero-order valence-electron chi connectivity index (χ0n) is 11.0. The number of carbonyl (C=O) groups excluding carboxylic acids is 1. The van der Waals surface area contributed by atoms with Gasteiger partial charge in [0, 0.05) is 16.6 Å². The molecule has 0 aliphatic heterocycles. The third-order valence-corrected chi connectivity index (χ3v) is 3.60. The summed E-state index contributed by atoms with van der Waals surface area (Å²) >= 11 is 2.84. The minimum absolute atomic E-state index is 0.00354. The smallest absolute Gasteiger partial charge is 0.294 e. The molecule has 21 heavy (non-hydrogen) atoms. The monoisotopic (exact) mass is 361 g/mol. The summed E-state index contributed by atoms with van der Waals surface area (Å²) in [4.78, 5) is 16.0. The molecular formula is C13H11BrF3N3O. The summed E-state index contributed by atoms with van der Waals surface area (Å²) in [5.74, 6) is -0.00493. The van der Waals surface area contributed by atoms with E-state index in [1.165, 1.54) is 23.1 Å². The predicted molar refractivity (Wildman–Crippen MR) is 72.9 cm³/mol. The highest BCUT2D eigenvalue weighted by atomic mass is 79.9. The maximum absolute atomic E-state index is 12.8. The Bertz CT molecular complexity index is 667. The molecule has 1 heterocycles. The van der Waals surface area contributed by atoms with Crippen LogP contribution in [0.25, 0.3) is 0 Å². The van der Waals surface area contributed by atoms with Gasteiger partial charge in [0.15, 0.2) is 5.78 Å². The molecule has 0 amide bonds. The Kier molecular flexibility index (Phi) is 4.46. The van der Waals surface area contributed by atoms with Crippen LogP contribution in [0.15, 0.2) is 29.0 Å². The molecule has 0 saturated heterocycles. The number of hydrogen-bond acceptors (Lipinski definition) is 3. The van der Waals surface area contributed by atoms with Gasteiger partial charge in [-0.25, -0.2) is 9.67 Å². The molecule has 0 aliphatic rings. The summed E-state index contributed by atoms with van der Waals surface area (Å²) in [5, 5.41) is 3.92. The molecule has 0 saturated carbocycles. The zero-order chi connectivity index (χ0) is 15.6. The van der Waals surface area contributed by atoms with Crippen LogP contribution < -0.4 is 0 Å². The largest absolute Gasteiger partial charge is 0.417 e. The third-order valence-electron chi connectivity index (χ3n) is 2.91. The van der Waals surface area contributed by atoms with Gasteiger partial charge in [0.05, 0.1) is 12.0 Å². The Morgan fingerprint density at radius 3 is 2.71 bits per heavy atom. The van der Waals surface area contributed by atoms with Gasteiger partial charge in [-0.05, 0) is 19.1 Å². The number of alkyl halides is 3. The van der Waals surface area contributed by atoms with E-state index in [1.807, 2.05) is 6.92 Å². The molecule has 112 valence electrons. The molecule has 0 N–H and O–H groups in total. The number of nitrogens with zero attached hydrogens (tertiary/aromatic N) is 3. The number of ketones is 1. The first kappa shape index (κ1) is 15.7. The van der Waals surface area contributed by atoms with Crippen molar-refractivity contribution in [1.29, 1.82) is 0 Å². The van der Waals surface area contributed by atoms with Crippen molar-refractivity contribution in [2.75, 3.05) is 0 Å². The minimum Gasteiger partial charge on any atom is -0.294 e. The van der Waals surface area contributed by atoms with Gasteiger partial charge in [-0.15, -0.1) is 0 Å². The van der Waals surface area contributed by atoms with Crippen LogP contribution in [0.5, 0.6) is 0 Å². The highest BCUT2D eigenvalue weighted by molar-refractivity contribution is 9.10. The van der Waals surface area contributed by atoms with Crippen LogP contribution in [-0.4, -0.2) is 20.5 Å². The van der Waals surface area contributed by atoms with Crippen molar-refractivity contribution in [3.05, 3.63) is 46.0 Å². The van der Waals surface area contributed by atoms with Crippen molar-refractivity contribution in [3.8, 4) is 0 Å². The number of Topliss-reactive ketones (excluding diaryl/α,β-unsaturated/α-hetero) is 1. The van der Waals surface area contributed by atoms with Gasteiger partial charge in [-0.3, -0.25) is 4.79 Å². The van der Waals surface area contributed by atoms with E-state index in [0.29, 0.717) is 12.4 Å². The SMILES string of the molecule is CCn1ncnc1CC(=O)c1ccc(Br)c(C(F)(F)F)c1. The Balaban J connectivity index is 2.28. The molecule has 0 unspecified atom stereocenters. The lowest BCUT2D eigenvalue weighted by Crippen LogP contribution is -2.13. The number of aryl methyl sites for hydroxylation is 1. The molecule has 0 aliphatic carbocycles. The lowest BCUT2D eigenvalue weighted by Gasteiger charge is -2.10. The van der Waals surface area contributed by atoms with Crippen molar-refractivity contribution >= 4 is 21.7 Å². The zero-order valence-corrected chi connectivity index (χ0v) is 12.6. The Hall–Kier alpha value is -1.70. The van der Waals surface area contributed by atoms with E-state index >= 15 is 0 Å². The van der Waals surface area contributed by atoms with Gasteiger partial charge < -0.3 is 0 Å². The molecule has 1 aromatic heterocycles. The molecule has 2 rings (SSSR count). The number of rotatable bonds is 4. The molecule has 4 nitrogen and oxygen atoms in total. The second kappa shape index (κ2) is 5.97. The summed E-state index contributed by atoms with van der Waals surface area (Å²) in [6, 6.07) is 3.42. The summed E-state index contributed by atoms with van der Waals surface area (Å²) in [5.41, 5.74) is -0.874. The van der Waals surface area contributed by atoms with Crippen LogP contribution in [0.4, 0.5) is 13.2 Å². The molecule has 8 heteroatoms. The molecule has 0 radical (unpaired) electrons. The van der Waals surface area contributed by atoms with E-state index in [0.717, 1.165) is 6.07 Å². The number of benzene rings is 1. The van der Waals surface area contributed by atoms with Crippen molar-refractivity contribution in [1.82, 2.24) is 14.8 Å². The fourth-order valence-electron chi connectivity index (χ4n) is 1.85. The summed E-state index contributed by atoms with van der Waals surface area (Å²) in [6.07, 6.45) is -3.29. The number of carbonyl (C=O) groups is 1. The Morgan fingerprint density at radius 1 is 1.38 bits per heavy atom. The Labute approximate surface area is 127 Å². The van der Waals surface area contributed by atoms with Crippen molar-refractivity contribution in [2.45, 2.75) is 26.1 Å². The number of halogens is 4. The lowest BCUT2D eigenvalue weighted by molar-refractivity contribution is -0.138. The first-order valence-electron chi connectivity index (χ1n) is 6.09. The van der Waals surface area contributed by atoms with Crippen LogP contribution in [0.2, 0.25) is 0 Å². The second-order valence-corrected chi connectivity index (χ2v) is 5.14. The number of hydrogen-bond donors (Lipinski definition) is 0. The molecule has 0 fully saturated rings. The first-order chi connectivity index (χ1) is 9.82. The van der Waals surface area contributed by atoms with Gasteiger partial charge in [-0.2, -0.15) is 18.3 Å². The van der Waals surface area contributed by atoms with E-state index in [9.17, 15) is 18.0 Å². The fourth-order valence-corrected chi connectivity index (χ4v) is 2.32. The van der Waals surface area contributed by atoms with Gasteiger partial charge >= 0.3 is 6.18 Å². The van der Waals surface area contributed by atoms with Gasteiger partial charge in [0.25, 0.3) is 0 Å². The van der Waals surface area contributed by atoms with E-state index < -0.39 is 17.5 Å². The first-order valence-corrected chi connectivity index (χ1v) is 6.89. The van der Waals surface area contributed by atoms with Crippen LogP contribution in [0, 0.1) is 0 Å². The quantitative estimate of drug-likeness (QED) is 0.783. The van der Waals surface area contributed by atoms with Gasteiger partial charge in [-0.1, -0.05) is 22.0 Å². The summed E-state index contributed by atoms with van der Waals surface area (Å²) < 4.78 is 39.9. The van der Waals surface area contributed by atoms with E-state index in [1.54, 1.807) is 0 Å². The standard InChI is InChI=1S/C13H11BrF3N3O/c1-2-20-12(18-7-19-20)6-11(21)8-3-4-10(14)9(5-8)13(15,16)17/h3-5,7H,2,6H2,1H3. The van der Waals surface area contributed by atoms with Crippen LogP contribution in [0.3, 0.4) is 0 Å². The maximum Gasteiger partial charge on any atom is 0.417 e. The van der Waals surface area contributed by atoms with Crippen LogP contribution >= 0.6 is 15.9 Å². The molecule has 0 atom stereocenters. The average Bonchev–Trinajstić information content (AvgIpc) is 2.85. The van der Waals surface area contributed by atoms with Gasteiger partial charge in [0.1, 0.15) is 12.2 Å². The predicted octanol–water partition coefficient (Wildman–Crippen LogP) is 3.50. The highest BCUT2D eigenvalue weighted by Crippen LogP contribution is 2.35. The average molecular weight is 362 g/mol. The van der Waals surface area contributed by atoms with Crippen molar-refractivity contribution in [2.24, 2.45) is 0 Å². The summed E-state index contributed by atoms with van der Waals surface area (Å²) in [7, 11) is 0. The van der Waals surface area contributed by atoms with Crippen LogP contribution in [0.1, 0.15) is 28.7 Å².